The van der Waals surface area contributed by atoms with Crippen LogP contribution < -0.4 is 9.62 Å². The molecule has 23 heavy (non-hydrogen) atoms. The maximum atomic E-state index is 12.2. The average Bonchev–Trinajstić information content (AvgIpc) is 3.25. The molecule has 1 amide bonds. The van der Waals surface area contributed by atoms with E-state index in [1.54, 1.807) is 0 Å². The van der Waals surface area contributed by atoms with Crippen molar-refractivity contribution in [1.29, 1.82) is 0 Å². The molecule has 0 spiro atoms. The third kappa shape index (κ3) is 4.70. The van der Waals surface area contributed by atoms with Crippen LogP contribution in [0, 0.1) is 5.92 Å². The topological polar surface area (TPSA) is 66.5 Å². The first-order valence-corrected chi connectivity index (χ1v) is 9.80. The quantitative estimate of drug-likeness (QED) is 0.865. The molecule has 0 radical (unpaired) electrons. The molecule has 0 saturated heterocycles. The zero-order chi connectivity index (χ0) is 17.3. The van der Waals surface area contributed by atoms with Crippen LogP contribution in [0.5, 0.6) is 0 Å². The monoisotopic (exact) mass is 338 g/mol. The van der Waals surface area contributed by atoms with Crippen molar-refractivity contribution in [2.75, 3.05) is 23.7 Å². The summed E-state index contributed by atoms with van der Waals surface area (Å²) in [7, 11) is -3.42. The Hall–Kier alpha value is -1.56. The third-order valence-corrected chi connectivity index (χ3v) is 5.12. The van der Waals surface area contributed by atoms with Gasteiger partial charge in [0.25, 0.3) is 0 Å². The van der Waals surface area contributed by atoms with E-state index >= 15 is 0 Å². The number of benzene rings is 1. The van der Waals surface area contributed by atoms with E-state index in [-0.39, 0.29) is 23.8 Å². The van der Waals surface area contributed by atoms with Crippen LogP contribution >= 0.6 is 0 Å². The maximum absolute atomic E-state index is 12.2. The Bertz CT molecular complexity index is 673. The number of carbonyl (C=O) groups excluding carboxylic acids is 1. The minimum atomic E-state index is -3.42. The Kier molecular flexibility index (Phi) is 5.04. The molecule has 1 aliphatic rings. The van der Waals surface area contributed by atoms with Crippen LogP contribution in [0.1, 0.15) is 39.2 Å². The predicted molar refractivity (Wildman–Crippen MR) is 93.1 cm³/mol. The number of hydrogen-bond donors (Lipinski definition) is 1. The van der Waals surface area contributed by atoms with Crippen LogP contribution in [-0.2, 0) is 20.2 Å². The fourth-order valence-electron chi connectivity index (χ4n) is 2.56. The Morgan fingerprint density at radius 3 is 2.39 bits per heavy atom. The molecule has 0 aromatic heterocycles. The zero-order valence-corrected chi connectivity index (χ0v) is 15.1. The van der Waals surface area contributed by atoms with Crippen molar-refractivity contribution >= 4 is 21.6 Å². The van der Waals surface area contributed by atoms with Crippen LogP contribution in [0.25, 0.3) is 0 Å². The first-order chi connectivity index (χ1) is 10.6. The molecule has 6 heteroatoms. The van der Waals surface area contributed by atoms with Crippen molar-refractivity contribution in [3.63, 3.8) is 0 Å². The van der Waals surface area contributed by atoms with Crippen LogP contribution in [0.3, 0.4) is 0 Å². The van der Waals surface area contributed by atoms with Crippen molar-refractivity contribution in [3.05, 3.63) is 29.8 Å². The van der Waals surface area contributed by atoms with Gasteiger partial charge >= 0.3 is 0 Å². The van der Waals surface area contributed by atoms with Crippen molar-refractivity contribution in [1.82, 2.24) is 5.32 Å². The summed E-state index contributed by atoms with van der Waals surface area (Å²) in [6.07, 6.45) is 3.08. The van der Waals surface area contributed by atoms with Crippen molar-refractivity contribution in [3.8, 4) is 0 Å². The SMILES string of the molecule is CC(C)(C)c1ccccc1N(CCNC(=O)C1CC1)S(C)(=O)=O. The van der Waals surface area contributed by atoms with E-state index < -0.39 is 10.0 Å². The van der Waals surface area contributed by atoms with Gasteiger partial charge in [-0.1, -0.05) is 39.0 Å². The first kappa shape index (κ1) is 17.8. The molecule has 1 aromatic rings. The lowest BCUT2D eigenvalue weighted by atomic mass is 9.86. The average molecular weight is 338 g/mol. The summed E-state index contributed by atoms with van der Waals surface area (Å²) in [6, 6.07) is 7.53. The van der Waals surface area contributed by atoms with Gasteiger partial charge in [0.2, 0.25) is 15.9 Å². The fraction of sp³-hybridized carbons (Fsp3) is 0.588. The maximum Gasteiger partial charge on any atom is 0.232 e. The van der Waals surface area contributed by atoms with Gasteiger partial charge < -0.3 is 5.32 Å². The molecule has 0 heterocycles. The second-order valence-electron chi connectivity index (χ2n) is 7.17. The number of anilines is 1. The molecule has 1 fully saturated rings. The van der Waals surface area contributed by atoms with Gasteiger partial charge in [-0.05, 0) is 29.9 Å². The van der Waals surface area contributed by atoms with E-state index in [0.717, 1.165) is 18.4 Å². The van der Waals surface area contributed by atoms with E-state index in [2.05, 4.69) is 26.1 Å². The highest BCUT2D eigenvalue weighted by atomic mass is 32.2. The number of amides is 1. The highest BCUT2D eigenvalue weighted by molar-refractivity contribution is 7.92. The zero-order valence-electron chi connectivity index (χ0n) is 14.3. The van der Waals surface area contributed by atoms with Gasteiger partial charge in [0.05, 0.1) is 18.5 Å². The summed E-state index contributed by atoms with van der Waals surface area (Å²) in [4.78, 5) is 11.7. The summed E-state index contributed by atoms with van der Waals surface area (Å²) < 4.78 is 25.9. The van der Waals surface area contributed by atoms with E-state index in [9.17, 15) is 13.2 Å². The second-order valence-corrected chi connectivity index (χ2v) is 9.07. The Morgan fingerprint density at radius 1 is 1.26 bits per heavy atom. The van der Waals surface area contributed by atoms with Crippen molar-refractivity contribution in [2.24, 2.45) is 5.92 Å². The van der Waals surface area contributed by atoms with Gasteiger partial charge in [-0.3, -0.25) is 9.10 Å². The number of rotatable bonds is 6. The Morgan fingerprint density at radius 2 is 1.87 bits per heavy atom. The van der Waals surface area contributed by atoms with Crippen molar-refractivity contribution < 1.29 is 13.2 Å². The van der Waals surface area contributed by atoms with Crippen LogP contribution in [-0.4, -0.2) is 33.7 Å². The second kappa shape index (κ2) is 6.51. The van der Waals surface area contributed by atoms with Crippen LogP contribution in [0.4, 0.5) is 5.69 Å². The highest BCUT2D eigenvalue weighted by Gasteiger charge is 2.30. The molecular weight excluding hydrogens is 312 g/mol. The molecule has 0 bridgehead atoms. The van der Waals surface area contributed by atoms with Crippen LogP contribution in [0.2, 0.25) is 0 Å². The minimum Gasteiger partial charge on any atom is -0.354 e. The highest BCUT2D eigenvalue weighted by Crippen LogP contribution is 2.33. The summed E-state index contributed by atoms with van der Waals surface area (Å²) >= 11 is 0. The van der Waals surface area contributed by atoms with Gasteiger partial charge in [-0.25, -0.2) is 8.42 Å². The van der Waals surface area contributed by atoms with Gasteiger partial charge in [-0.15, -0.1) is 0 Å². The number of nitrogens with one attached hydrogen (secondary N) is 1. The smallest absolute Gasteiger partial charge is 0.232 e. The molecule has 0 aliphatic heterocycles. The molecule has 0 unspecified atom stereocenters. The molecule has 1 aromatic carbocycles. The standard InChI is InChI=1S/C17H26N2O3S/c1-17(2,3)14-7-5-6-8-15(14)19(23(4,21)22)12-11-18-16(20)13-9-10-13/h5-8,13H,9-12H2,1-4H3,(H,18,20). The molecule has 1 saturated carbocycles. The number of hydrogen-bond acceptors (Lipinski definition) is 3. The lowest BCUT2D eigenvalue weighted by Gasteiger charge is -2.30. The summed E-state index contributed by atoms with van der Waals surface area (Å²) in [6.45, 7) is 6.73. The Labute approximate surface area is 139 Å². The van der Waals surface area contributed by atoms with E-state index in [1.165, 1.54) is 10.6 Å². The molecule has 5 nitrogen and oxygen atoms in total. The molecular formula is C17H26N2O3S. The largest absolute Gasteiger partial charge is 0.354 e. The fourth-order valence-corrected chi connectivity index (χ4v) is 3.50. The van der Waals surface area contributed by atoms with Gasteiger partial charge in [0.15, 0.2) is 0 Å². The lowest BCUT2D eigenvalue weighted by molar-refractivity contribution is -0.122. The summed E-state index contributed by atoms with van der Waals surface area (Å²) in [5, 5.41) is 2.83. The summed E-state index contributed by atoms with van der Waals surface area (Å²) in [5.74, 6) is 0.158. The first-order valence-electron chi connectivity index (χ1n) is 7.95. The van der Waals surface area contributed by atoms with E-state index in [1.807, 2.05) is 24.3 Å². The number of nitrogens with zero attached hydrogens (tertiary/aromatic N) is 1. The molecule has 1 aliphatic carbocycles. The van der Waals surface area contributed by atoms with Crippen LogP contribution in [0.15, 0.2) is 24.3 Å². The number of para-hydroxylation sites is 1. The summed E-state index contributed by atoms with van der Waals surface area (Å²) in [5.41, 5.74) is 1.48. The number of sulfonamides is 1. The molecule has 0 atom stereocenters. The lowest BCUT2D eigenvalue weighted by Crippen LogP contribution is -2.39. The van der Waals surface area contributed by atoms with Gasteiger partial charge in [0.1, 0.15) is 0 Å². The number of carbonyl (C=O) groups is 1. The predicted octanol–water partition coefficient (Wildman–Crippen LogP) is 2.28. The normalized spacial score (nSPS) is 15.3. The van der Waals surface area contributed by atoms with Gasteiger partial charge in [-0.2, -0.15) is 0 Å². The van der Waals surface area contributed by atoms with E-state index in [4.69, 9.17) is 0 Å². The van der Waals surface area contributed by atoms with Gasteiger partial charge in [0, 0.05) is 12.5 Å². The van der Waals surface area contributed by atoms with E-state index in [0.29, 0.717) is 12.2 Å². The molecule has 1 N–H and O–H groups in total. The molecule has 2 rings (SSSR count). The Balaban J connectivity index is 2.20. The third-order valence-electron chi connectivity index (χ3n) is 3.94. The molecule has 128 valence electrons. The minimum absolute atomic E-state index is 0.0301. The van der Waals surface area contributed by atoms with Crippen molar-refractivity contribution in [2.45, 2.75) is 39.0 Å².